The van der Waals surface area contributed by atoms with Crippen LogP contribution in [-0.4, -0.2) is 35.0 Å². The maximum absolute atomic E-state index is 12.6. The molecule has 0 aliphatic carbocycles. The van der Waals surface area contributed by atoms with Crippen LogP contribution < -0.4 is 10.1 Å². The second-order valence-corrected chi connectivity index (χ2v) is 8.35. The average molecular weight is 448 g/mol. The van der Waals surface area contributed by atoms with Gasteiger partial charge >= 0.3 is 0 Å². The summed E-state index contributed by atoms with van der Waals surface area (Å²) in [5, 5.41) is 6.85. The van der Waals surface area contributed by atoms with E-state index in [2.05, 4.69) is 10.5 Å². The predicted molar refractivity (Wildman–Crippen MR) is 124 cm³/mol. The van der Waals surface area contributed by atoms with Crippen molar-refractivity contribution in [3.05, 3.63) is 82.2 Å². The number of piperidine rings is 1. The van der Waals surface area contributed by atoms with Crippen LogP contribution in [-0.2, 0) is 13.2 Å². The molecule has 0 bridgehead atoms. The lowest BCUT2D eigenvalue weighted by Crippen LogP contribution is -2.35. The van der Waals surface area contributed by atoms with Gasteiger partial charge in [-0.2, -0.15) is 0 Å². The van der Waals surface area contributed by atoms with Gasteiger partial charge in [-0.25, -0.2) is 0 Å². The molecule has 2 amide bonds. The number of nitrogens with zero attached hydrogens (tertiary/aromatic N) is 2. The molecule has 0 radical (unpaired) electrons. The maximum atomic E-state index is 12.6. The highest BCUT2D eigenvalue weighted by molar-refractivity contribution is 5.95. The number of carbonyl (C=O) groups excluding carboxylic acids is 2. The summed E-state index contributed by atoms with van der Waals surface area (Å²) in [7, 11) is 0. The number of hydrogen-bond acceptors (Lipinski definition) is 5. The fourth-order valence-corrected chi connectivity index (χ4v) is 3.92. The van der Waals surface area contributed by atoms with Gasteiger partial charge in [0, 0.05) is 30.8 Å². The summed E-state index contributed by atoms with van der Waals surface area (Å²) in [6, 6.07) is 14.5. The van der Waals surface area contributed by atoms with Gasteiger partial charge in [0.2, 0.25) is 0 Å². The Morgan fingerprint density at radius 3 is 2.48 bits per heavy atom. The Labute approximate surface area is 193 Å². The molecule has 2 heterocycles. The topological polar surface area (TPSA) is 84.7 Å². The summed E-state index contributed by atoms with van der Waals surface area (Å²) in [6.45, 7) is 6.08. The van der Waals surface area contributed by atoms with Crippen LogP contribution in [0.3, 0.4) is 0 Å². The molecule has 0 atom stereocenters. The first kappa shape index (κ1) is 22.6. The number of likely N-dealkylation sites (tertiary alicyclic amines) is 1. The number of rotatable bonds is 7. The molecule has 0 saturated carbocycles. The van der Waals surface area contributed by atoms with Gasteiger partial charge in [0.1, 0.15) is 18.1 Å². The minimum Gasteiger partial charge on any atom is -0.489 e. The van der Waals surface area contributed by atoms with Gasteiger partial charge in [-0.1, -0.05) is 23.4 Å². The van der Waals surface area contributed by atoms with E-state index in [9.17, 15) is 9.59 Å². The van der Waals surface area contributed by atoms with Crippen LogP contribution in [0.25, 0.3) is 0 Å². The number of nitrogens with one attached hydrogen (secondary N) is 1. The minimum absolute atomic E-state index is 0.0821. The highest BCUT2D eigenvalue weighted by Gasteiger charge is 2.18. The predicted octanol–water partition coefficient (Wildman–Crippen LogP) is 4.43. The Balaban J connectivity index is 1.31. The molecule has 172 valence electrons. The number of ether oxygens (including phenoxy) is 1. The Morgan fingerprint density at radius 2 is 1.79 bits per heavy atom. The van der Waals surface area contributed by atoms with Crippen molar-refractivity contribution in [1.82, 2.24) is 15.4 Å². The number of aromatic nitrogens is 1. The van der Waals surface area contributed by atoms with Crippen LogP contribution in [0, 0.1) is 13.8 Å². The first-order valence-corrected chi connectivity index (χ1v) is 11.3. The number of amides is 2. The van der Waals surface area contributed by atoms with Crippen molar-refractivity contribution in [2.75, 3.05) is 13.1 Å². The Morgan fingerprint density at radius 1 is 1.03 bits per heavy atom. The maximum Gasteiger partial charge on any atom is 0.253 e. The molecule has 1 aromatic heterocycles. The molecule has 1 saturated heterocycles. The van der Waals surface area contributed by atoms with E-state index in [1.807, 2.05) is 49.1 Å². The van der Waals surface area contributed by atoms with Crippen molar-refractivity contribution in [2.45, 2.75) is 46.3 Å². The van der Waals surface area contributed by atoms with E-state index in [0.29, 0.717) is 30.0 Å². The van der Waals surface area contributed by atoms with Crippen molar-refractivity contribution in [3.63, 3.8) is 0 Å². The van der Waals surface area contributed by atoms with Gasteiger partial charge in [0.25, 0.3) is 11.8 Å². The number of aryl methyl sites for hydroxylation is 2. The van der Waals surface area contributed by atoms with E-state index in [1.54, 1.807) is 18.2 Å². The molecular weight excluding hydrogens is 418 g/mol. The summed E-state index contributed by atoms with van der Waals surface area (Å²) in [6.07, 6.45) is 3.34. The van der Waals surface area contributed by atoms with Gasteiger partial charge in [0.05, 0.1) is 11.3 Å². The van der Waals surface area contributed by atoms with Gasteiger partial charge in [0.15, 0.2) is 0 Å². The van der Waals surface area contributed by atoms with Gasteiger partial charge in [-0.05, 0) is 69.0 Å². The first-order chi connectivity index (χ1) is 16.0. The SMILES string of the molecule is Cc1noc(C)c1COc1cccc(C(=O)NCc2ccc(C(=O)N3CCCCC3)cc2)c1. The molecule has 1 aliphatic heterocycles. The zero-order valence-corrected chi connectivity index (χ0v) is 19.1. The molecule has 0 spiro atoms. The average Bonchev–Trinajstić information content (AvgIpc) is 3.18. The summed E-state index contributed by atoms with van der Waals surface area (Å²) in [5.41, 5.74) is 3.85. The Hall–Kier alpha value is -3.61. The Kier molecular flexibility index (Phi) is 7.07. The van der Waals surface area contributed by atoms with Crippen LogP contribution in [0.2, 0.25) is 0 Å². The minimum atomic E-state index is -0.189. The standard InChI is InChI=1S/C26H29N3O4/c1-18-24(19(2)33-28-18)17-32-23-8-6-7-22(15-23)25(30)27-16-20-9-11-21(12-10-20)26(31)29-13-4-3-5-14-29/h6-12,15H,3-5,13-14,16-17H2,1-2H3,(H,27,30). The lowest BCUT2D eigenvalue weighted by molar-refractivity contribution is 0.0724. The van der Waals surface area contributed by atoms with Crippen LogP contribution in [0.5, 0.6) is 5.75 Å². The molecule has 7 heteroatoms. The number of benzene rings is 2. The van der Waals surface area contributed by atoms with Gasteiger partial charge in [-0.3, -0.25) is 9.59 Å². The lowest BCUT2D eigenvalue weighted by Gasteiger charge is -2.26. The Bertz CT molecular complexity index is 1100. The quantitative estimate of drug-likeness (QED) is 0.579. The van der Waals surface area contributed by atoms with Crippen LogP contribution in [0.4, 0.5) is 0 Å². The van der Waals surface area contributed by atoms with E-state index < -0.39 is 0 Å². The van der Waals surface area contributed by atoms with E-state index in [-0.39, 0.29) is 11.8 Å². The molecule has 4 rings (SSSR count). The van der Waals surface area contributed by atoms with Crippen molar-refractivity contribution in [3.8, 4) is 5.75 Å². The molecule has 33 heavy (non-hydrogen) atoms. The third-order valence-corrected chi connectivity index (χ3v) is 5.96. The lowest BCUT2D eigenvalue weighted by atomic mass is 10.1. The summed E-state index contributed by atoms with van der Waals surface area (Å²) in [4.78, 5) is 27.2. The van der Waals surface area contributed by atoms with E-state index in [4.69, 9.17) is 9.26 Å². The summed E-state index contributed by atoms with van der Waals surface area (Å²) in [5.74, 6) is 1.22. The third kappa shape index (κ3) is 5.61. The van der Waals surface area contributed by atoms with Crippen molar-refractivity contribution >= 4 is 11.8 Å². The van der Waals surface area contributed by atoms with Crippen LogP contribution in [0.1, 0.15) is 62.6 Å². The molecular formula is C26H29N3O4. The van der Waals surface area contributed by atoms with E-state index >= 15 is 0 Å². The molecule has 2 aromatic carbocycles. The second kappa shape index (κ2) is 10.3. The van der Waals surface area contributed by atoms with E-state index in [0.717, 1.165) is 48.5 Å². The normalized spacial score (nSPS) is 13.6. The molecule has 3 aromatic rings. The molecule has 0 unspecified atom stereocenters. The second-order valence-electron chi connectivity index (χ2n) is 8.35. The van der Waals surface area contributed by atoms with Gasteiger partial charge < -0.3 is 19.5 Å². The largest absolute Gasteiger partial charge is 0.489 e. The summed E-state index contributed by atoms with van der Waals surface area (Å²) < 4.78 is 11.0. The molecule has 1 aliphatic rings. The third-order valence-electron chi connectivity index (χ3n) is 5.96. The van der Waals surface area contributed by atoms with Gasteiger partial charge in [-0.15, -0.1) is 0 Å². The van der Waals surface area contributed by atoms with Crippen molar-refractivity contribution in [2.24, 2.45) is 0 Å². The highest BCUT2D eigenvalue weighted by Crippen LogP contribution is 2.19. The van der Waals surface area contributed by atoms with E-state index in [1.165, 1.54) is 6.42 Å². The fourth-order valence-electron chi connectivity index (χ4n) is 3.92. The molecule has 7 nitrogen and oxygen atoms in total. The number of carbonyl (C=O) groups is 2. The zero-order valence-electron chi connectivity index (χ0n) is 19.1. The highest BCUT2D eigenvalue weighted by atomic mass is 16.5. The number of hydrogen-bond donors (Lipinski definition) is 1. The smallest absolute Gasteiger partial charge is 0.253 e. The monoisotopic (exact) mass is 447 g/mol. The van der Waals surface area contributed by atoms with Crippen LogP contribution >= 0.6 is 0 Å². The fraction of sp³-hybridized carbons (Fsp3) is 0.346. The summed E-state index contributed by atoms with van der Waals surface area (Å²) >= 11 is 0. The molecule has 1 N–H and O–H groups in total. The first-order valence-electron chi connectivity index (χ1n) is 11.3. The van der Waals surface area contributed by atoms with Crippen molar-refractivity contribution in [1.29, 1.82) is 0 Å². The molecule has 1 fully saturated rings. The zero-order chi connectivity index (χ0) is 23.2. The van der Waals surface area contributed by atoms with Crippen molar-refractivity contribution < 1.29 is 18.8 Å². The van der Waals surface area contributed by atoms with Crippen LogP contribution in [0.15, 0.2) is 53.1 Å².